The first-order valence-corrected chi connectivity index (χ1v) is 11.0. The number of carbonyl (C=O) groups is 2. The highest BCUT2D eigenvalue weighted by molar-refractivity contribution is 7.14. The molecule has 1 aliphatic rings. The van der Waals surface area contributed by atoms with E-state index >= 15 is 0 Å². The van der Waals surface area contributed by atoms with Gasteiger partial charge in [-0.25, -0.2) is 4.98 Å². The molecule has 0 aliphatic carbocycles. The van der Waals surface area contributed by atoms with Crippen molar-refractivity contribution in [2.45, 2.75) is 32.2 Å². The summed E-state index contributed by atoms with van der Waals surface area (Å²) >= 11 is 7.22. The zero-order chi connectivity index (χ0) is 22.3. The third-order valence-corrected chi connectivity index (χ3v) is 6.30. The second-order valence-corrected chi connectivity index (χ2v) is 9.67. The van der Waals surface area contributed by atoms with Crippen molar-refractivity contribution in [2.24, 2.45) is 0 Å². The lowest BCUT2D eigenvalue weighted by Gasteiger charge is -2.24. The third kappa shape index (κ3) is 3.89. The van der Waals surface area contributed by atoms with Gasteiger partial charge < -0.3 is 5.11 Å². The van der Waals surface area contributed by atoms with E-state index in [1.165, 1.54) is 16.2 Å². The Morgan fingerprint density at radius 2 is 1.71 bits per heavy atom. The Kier molecular flexibility index (Phi) is 5.45. The topological polar surface area (TPSA) is 70.5 Å². The highest BCUT2D eigenvalue weighted by Gasteiger charge is 2.48. The monoisotopic (exact) mass is 452 g/mol. The number of anilines is 1. The van der Waals surface area contributed by atoms with Gasteiger partial charge in [-0.3, -0.25) is 14.5 Å². The number of benzene rings is 2. The zero-order valence-corrected chi connectivity index (χ0v) is 18.9. The Morgan fingerprint density at radius 1 is 1.06 bits per heavy atom. The number of carbonyl (C=O) groups excluding carboxylic acids is 2. The van der Waals surface area contributed by atoms with Crippen LogP contribution in [-0.2, 0) is 15.0 Å². The van der Waals surface area contributed by atoms with Crippen LogP contribution in [-0.4, -0.2) is 21.8 Å². The van der Waals surface area contributed by atoms with Crippen LogP contribution < -0.4 is 4.90 Å². The van der Waals surface area contributed by atoms with Crippen LogP contribution in [0.4, 0.5) is 5.13 Å². The van der Waals surface area contributed by atoms with Crippen LogP contribution in [0.2, 0.25) is 5.02 Å². The van der Waals surface area contributed by atoms with E-state index in [2.05, 4.69) is 25.8 Å². The highest BCUT2D eigenvalue weighted by atomic mass is 35.5. The minimum absolute atomic E-state index is 0.0334. The van der Waals surface area contributed by atoms with E-state index in [1.54, 1.807) is 35.8 Å². The summed E-state index contributed by atoms with van der Waals surface area (Å²) in [5, 5.41) is 13.7. The Labute approximate surface area is 189 Å². The first kappa shape index (κ1) is 21.3. The average molecular weight is 453 g/mol. The van der Waals surface area contributed by atoms with E-state index in [1.807, 2.05) is 24.3 Å². The van der Waals surface area contributed by atoms with Crippen molar-refractivity contribution in [3.8, 4) is 0 Å². The molecular formula is C24H21ClN2O3S. The molecule has 1 saturated heterocycles. The van der Waals surface area contributed by atoms with Gasteiger partial charge in [0.15, 0.2) is 5.13 Å². The van der Waals surface area contributed by atoms with Gasteiger partial charge in [-0.2, -0.15) is 0 Å². The first-order valence-electron chi connectivity index (χ1n) is 9.75. The van der Waals surface area contributed by atoms with Gasteiger partial charge in [0.25, 0.3) is 5.78 Å². The molecule has 0 unspecified atom stereocenters. The van der Waals surface area contributed by atoms with Crippen LogP contribution in [0.1, 0.15) is 43.5 Å². The first-order chi connectivity index (χ1) is 14.7. The number of thiazole rings is 1. The molecule has 1 aliphatic heterocycles. The SMILES string of the molecule is CC(C)(C)c1ccc([C@H]2C(=C(O)c3ccc(Cl)cc3)C(=O)C(=O)N2c2nccs2)cc1. The predicted molar refractivity (Wildman–Crippen MR) is 123 cm³/mol. The molecule has 1 atom stereocenters. The second kappa shape index (κ2) is 7.94. The summed E-state index contributed by atoms with van der Waals surface area (Å²) in [6.07, 6.45) is 1.58. The van der Waals surface area contributed by atoms with Gasteiger partial charge in [0.05, 0.1) is 11.6 Å². The van der Waals surface area contributed by atoms with Gasteiger partial charge in [-0.1, -0.05) is 56.6 Å². The molecule has 158 valence electrons. The maximum Gasteiger partial charge on any atom is 0.301 e. The number of aliphatic hydroxyl groups is 1. The summed E-state index contributed by atoms with van der Waals surface area (Å²) in [7, 11) is 0. The van der Waals surface area contributed by atoms with E-state index in [-0.39, 0.29) is 16.7 Å². The molecule has 0 spiro atoms. The fourth-order valence-corrected chi connectivity index (χ4v) is 4.40. The number of rotatable bonds is 3. The number of hydrogen-bond donors (Lipinski definition) is 1. The van der Waals surface area contributed by atoms with E-state index in [0.29, 0.717) is 15.7 Å². The van der Waals surface area contributed by atoms with Gasteiger partial charge in [0, 0.05) is 22.2 Å². The molecule has 4 rings (SSSR count). The van der Waals surface area contributed by atoms with Crippen LogP contribution in [0.3, 0.4) is 0 Å². The van der Waals surface area contributed by atoms with Crippen LogP contribution >= 0.6 is 22.9 Å². The van der Waals surface area contributed by atoms with Crippen LogP contribution in [0.15, 0.2) is 65.7 Å². The number of aliphatic hydroxyl groups excluding tert-OH is 1. The number of ketones is 1. The fourth-order valence-electron chi connectivity index (χ4n) is 3.61. The average Bonchev–Trinajstić information content (AvgIpc) is 3.34. The van der Waals surface area contributed by atoms with Gasteiger partial charge in [0.1, 0.15) is 5.76 Å². The second-order valence-electron chi connectivity index (χ2n) is 8.36. The van der Waals surface area contributed by atoms with Crippen molar-refractivity contribution in [1.82, 2.24) is 4.98 Å². The molecule has 2 heterocycles. The number of amides is 1. The molecule has 1 amide bonds. The summed E-state index contributed by atoms with van der Waals surface area (Å²) in [4.78, 5) is 31.6. The molecule has 1 N–H and O–H groups in total. The molecule has 0 saturated carbocycles. The maximum atomic E-state index is 13.0. The molecule has 2 aromatic carbocycles. The Bertz CT molecular complexity index is 1160. The lowest BCUT2D eigenvalue weighted by atomic mass is 9.85. The standard InChI is InChI=1S/C24H21ClN2O3S/c1-24(2,3)16-8-4-14(5-9-16)19-18(20(28)15-6-10-17(25)11-7-15)21(29)22(30)27(19)23-26-12-13-31-23/h4-13,19,28H,1-3H3/t19-/m0/s1. The summed E-state index contributed by atoms with van der Waals surface area (Å²) < 4.78 is 0. The molecule has 7 heteroatoms. The zero-order valence-electron chi connectivity index (χ0n) is 17.3. The van der Waals surface area contributed by atoms with Crippen LogP contribution in [0.25, 0.3) is 5.76 Å². The maximum absolute atomic E-state index is 13.0. The molecular weight excluding hydrogens is 432 g/mol. The molecule has 1 fully saturated rings. The highest BCUT2D eigenvalue weighted by Crippen LogP contribution is 2.43. The Morgan fingerprint density at radius 3 is 2.26 bits per heavy atom. The number of aromatic nitrogens is 1. The summed E-state index contributed by atoms with van der Waals surface area (Å²) in [5.74, 6) is -1.69. The van der Waals surface area contributed by atoms with Gasteiger partial charge >= 0.3 is 5.91 Å². The normalized spacial score (nSPS) is 18.6. The van der Waals surface area contributed by atoms with Crippen molar-refractivity contribution in [1.29, 1.82) is 0 Å². The number of nitrogens with zero attached hydrogens (tertiary/aromatic N) is 2. The van der Waals surface area contributed by atoms with Gasteiger partial charge in [0.2, 0.25) is 0 Å². The fraction of sp³-hybridized carbons (Fsp3) is 0.208. The molecule has 31 heavy (non-hydrogen) atoms. The molecule has 0 radical (unpaired) electrons. The van der Waals surface area contributed by atoms with Crippen LogP contribution in [0.5, 0.6) is 0 Å². The van der Waals surface area contributed by atoms with E-state index in [4.69, 9.17) is 11.6 Å². The number of Topliss-reactive ketones (excluding diaryl/α,β-unsaturated/α-hetero) is 1. The Balaban J connectivity index is 1.90. The van der Waals surface area contributed by atoms with E-state index in [0.717, 1.165) is 11.1 Å². The van der Waals surface area contributed by atoms with Crippen molar-refractivity contribution in [3.05, 3.63) is 87.4 Å². The van der Waals surface area contributed by atoms with Crippen molar-refractivity contribution in [3.63, 3.8) is 0 Å². The summed E-state index contributed by atoms with van der Waals surface area (Å²) in [5.41, 5.74) is 2.25. The number of hydrogen-bond acceptors (Lipinski definition) is 5. The van der Waals surface area contributed by atoms with Crippen molar-refractivity contribution >= 4 is 45.5 Å². The Hall–Kier alpha value is -2.96. The van der Waals surface area contributed by atoms with Gasteiger partial charge in [-0.05, 0) is 40.8 Å². The largest absolute Gasteiger partial charge is 0.507 e. The predicted octanol–water partition coefficient (Wildman–Crippen LogP) is 5.72. The van der Waals surface area contributed by atoms with Crippen molar-refractivity contribution < 1.29 is 14.7 Å². The lowest BCUT2D eigenvalue weighted by molar-refractivity contribution is -0.132. The van der Waals surface area contributed by atoms with Crippen LogP contribution in [0, 0.1) is 0 Å². The van der Waals surface area contributed by atoms with E-state index in [9.17, 15) is 14.7 Å². The summed E-state index contributed by atoms with van der Waals surface area (Å²) in [6, 6.07) is 13.5. The molecule has 5 nitrogen and oxygen atoms in total. The van der Waals surface area contributed by atoms with E-state index < -0.39 is 17.7 Å². The third-order valence-electron chi connectivity index (χ3n) is 5.28. The quantitative estimate of drug-likeness (QED) is 0.313. The minimum atomic E-state index is -0.782. The number of halogens is 1. The molecule has 1 aromatic heterocycles. The van der Waals surface area contributed by atoms with Crippen molar-refractivity contribution in [2.75, 3.05) is 4.90 Å². The molecule has 3 aromatic rings. The minimum Gasteiger partial charge on any atom is -0.507 e. The molecule has 0 bridgehead atoms. The lowest BCUT2D eigenvalue weighted by Crippen LogP contribution is -2.29. The van der Waals surface area contributed by atoms with Gasteiger partial charge in [-0.15, -0.1) is 11.3 Å². The smallest absolute Gasteiger partial charge is 0.301 e. The summed E-state index contributed by atoms with van der Waals surface area (Å²) in [6.45, 7) is 6.35.